The molecular weight excluding hydrogens is 250 g/mol. The average molecular weight is 269 g/mol. The van der Waals surface area contributed by atoms with Gasteiger partial charge in [0.15, 0.2) is 0 Å². The van der Waals surface area contributed by atoms with Gasteiger partial charge >= 0.3 is 0 Å². The maximum absolute atomic E-state index is 12.5. The highest BCUT2D eigenvalue weighted by atomic mass is 32.2. The van der Waals surface area contributed by atoms with E-state index in [1.807, 2.05) is 6.92 Å². The van der Waals surface area contributed by atoms with Crippen LogP contribution in [0.5, 0.6) is 0 Å². The number of nitrogens with two attached hydrogens (primary N) is 1. The minimum absolute atomic E-state index is 0.135. The molecule has 0 saturated heterocycles. The van der Waals surface area contributed by atoms with Gasteiger partial charge in [-0.25, -0.2) is 8.42 Å². The molecule has 0 atom stereocenters. The van der Waals surface area contributed by atoms with Crippen molar-refractivity contribution in [3.63, 3.8) is 0 Å². The largest absolute Gasteiger partial charge is 0.325 e. The second-order valence-corrected chi connectivity index (χ2v) is 6.46. The summed E-state index contributed by atoms with van der Waals surface area (Å²) in [5.41, 5.74) is 5.99. The van der Waals surface area contributed by atoms with Gasteiger partial charge in [0.25, 0.3) is 0 Å². The lowest BCUT2D eigenvalue weighted by Crippen LogP contribution is -2.33. The van der Waals surface area contributed by atoms with Crippen molar-refractivity contribution in [1.82, 2.24) is 9.29 Å². The maximum Gasteiger partial charge on any atom is 0.244 e. The summed E-state index contributed by atoms with van der Waals surface area (Å²) >= 11 is 0. The van der Waals surface area contributed by atoms with Gasteiger partial charge in [-0.2, -0.15) is 4.31 Å². The first kappa shape index (κ1) is 13.5. The van der Waals surface area contributed by atoms with Crippen LogP contribution in [0.15, 0.2) is 23.2 Å². The molecule has 18 heavy (non-hydrogen) atoms. The molecule has 5 nitrogen and oxygen atoms in total. The first-order valence-corrected chi connectivity index (χ1v) is 7.67. The normalized spacial score (nSPS) is 16.2. The highest BCUT2D eigenvalue weighted by Crippen LogP contribution is 2.31. The number of pyridine rings is 1. The Morgan fingerprint density at radius 3 is 2.78 bits per heavy atom. The van der Waals surface area contributed by atoms with E-state index in [4.69, 9.17) is 5.73 Å². The zero-order valence-corrected chi connectivity index (χ0v) is 11.4. The molecule has 2 rings (SSSR count). The summed E-state index contributed by atoms with van der Waals surface area (Å²) in [6.07, 6.45) is 3.82. The number of rotatable bonds is 6. The van der Waals surface area contributed by atoms with Crippen LogP contribution in [-0.2, 0) is 16.6 Å². The van der Waals surface area contributed by atoms with Gasteiger partial charge < -0.3 is 5.73 Å². The Labute approximate surface area is 108 Å². The third kappa shape index (κ3) is 2.71. The van der Waals surface area contributed by atoms with Crippen LogP contribution in [0, 0.1) is 5.92 Å². The summed E-state index contributed by atoms with van der Waals surface area (Å²) in [4.78, 5) is 4.29. The van der Waals surface area contributed by atoms with E-state index in [0.29, 0.717) is 24.7 Å². The Balaban J connectivity index is 2.32. The summed E-state index contributed by atoms with van der Waals surface area (Å²) in [6, 6.07) is 3.22. The molecular formula is C12H19N3O2S. The van der Waals surface area contributed by atoms with E-state index < -0.39 is 10.0 Å². The fourth-order valence-electron chi connectivity index (χ4n) is 1.94. The number of hydrogen-bond donors (Lipinski definition) is 1. The van der Waals surface area contributed by atoms with Crippen LogP contribution in [-0.4, -0.2) is 30.8 Å². The standard InChI is InChI=1S/C12H19N3O2S/c1-2-15(9-10-5-6-10)18(16,17)12-4-3-7-14-11(12)8-13/h3-4,7,10H,2,5-6,8-9,13H2,1H3. The lowest BCUT2D eigenvalue weighted by molar-refractivity contribution is 0.411. The summed E-state index contributed by atoms with van der Waals surface area (Å²) < 4.78 is 26.6. The van der Waals surface area contributed by atoms with Crippen molar-refractivity contribution < 1.29 is 8.42 Å². The highest BCUT2D eigenvalue weighted by molar-refractivity contribution is 7.89. The average Bonchev–Trinajstić information content (AvgIpc) is 3.19. The van der Waals surface area contributed by atoms with E-state index in [-0.39, 0.29) is 11.4 Å². The topological polar surface area (TPSA) is 76.3 Å². The Morgan fingerprint density at radius 1 is 1.50 bits per heavy atom. The summed E-state index contributed by atoms with van der Waals surface area (Å²) in [5, 5.41) is 0. The van der Waals surface area contributed by atoms with Crippen molar-refractivity contribution in [1.29, 1.82) is 0 Å². The van der Waals surface area contributed by atoms with Crippen LogP contribution >= 0.6 is 0 Å². The van der Waals surface area contributed by atoms with Crippen molar-refractivity contribution in [2.45, 2.75) is 31.2 Å². The van der Waals surface area contributed by atoms with Gasteiger partial charge in [-0.3, -0.25) is 4.98 Å². The quantitative estimate of drug-likeness (QED) is 0.834. The lowest BCUT2D eigenvalue weighted by Gasteiger charge is -2.21. The number of sulfonamides is 1. The molecule has 1 aromatic rings. The maximum atomic E-state index is 12.5. The minimum atomic E-state index is -3.46. The van der Waals surface area contributed by atoms with E-state index in [0.717, 1.165) is 12.8 Å². The Kier molecular flexibility index (Phi) is 3.99. The molecule has 0 radical (unpaired) electrons. The molecule has 1 aromatic heterocycles. The smallest absolute Gasteiger partial charge is 0.244 e. The van der Waals surface area contributed by atoms with Gasteiger partial charge in [-0.1, -0.05) is 6.92 Å². The van der Waals surface area contributed by atoms with Gasteiger partial charge in [-0.05, 0) is 30.9 Å². The molecule has 0 unspecified atom stereocenters. The molecule has 0 spiro atoms. The second kappa shape index (κ2) is 5.34. The third-order valence-electron chi connectivity index (χ3n) is 3.17. The zero-order chi connectivity index (χ0) is 13.2. The molecule has 6 heteroatoms. The SMILES string of the molecule is CCN(CC1CC1)S(=O)(=O)c1cccnc1CN. The monoisotopic (exact) mass is 269 g/mol. The predicted octanol–water partition coefficient (Wildman–Crippen LogP) is 0.961. The molecule has 1 fully saturated rings. The number of aromatic nitrogens is 1. The Bertz CT molecular complexity index is 512. The van der Waals surface area contributed by atoms with Gasteiger partial charge in [0.05, 0.1) is 5.69 Å². The predicted molar refractivity (Wildman–Crippen MR) is 69.3 cm³/mol. The second-order valence-electron chi connectivity index (χ2n) is 4.55. The van der Waals surface area contributed by atoms with Crippen LogP contribution in [0.3, 0.4) is 0 Å². The van der Waals surface area contributed by atoms with Gasteiger partial charge in [0.2, 0.25) is 10.0 Å². The molecule has 0 aliphatic heterocycles. The van der Waals surface area contributed by atoms with Crippen LogP contribution in [0.1, 0.15) is 25.5 Å². The van der Waals surface area contributed by atoms with E-state index in [1.54, 1.807) is 18.3 Å². The number of nitrogens with zero attached hydrogens (tertiary/aromatic N) is 2. The molecule has 0 bridgehead atoms. The molecule has 1 saturated carbocycles. The Hall–Kier alpha value is -0.980. The molecule has 0 amide bonds. The van der Waals surface area contributed by atoms with Crippen LogP contribution in [0.4, 0.5) is 0 Å². The first-order chi connectivity index (χ1) is 8.59. The minimum Gasteiger partial charge on any atom is -0.325 e. The first-order valence-electron chi connectivity index (χ1n) is 6.23. The molecule has 2 N–H and O–H groups in total. The van der Waals surface area contributed by atoms with Crippen molar-refractivity contribution in [2.24, 2.45) is 11.7 Å². The fourth-order valence-corrected chi connectivity index (χ4v) is 3.65. The van der Waals surface area contributed by atoms with Crippen LogP contribution in [0.2, 0.25) is 0 Å². The molecule has 1 heterocycles. The lowest BCUT2D eigenvalue weighted by atomic mass is 10.3. The molecule has 1 aliphatic rings. The van der Waals surface area contributed by atoms with Gasteiger partial charge in [0, 0.05) is 25.8 Å². The van der Waals surface area contributed by atoms with Crippen molar-refractivity contribution in [2.75, 3.05) is 13.1 Å². The van der Waals surface area contributed by atoms with Crippen molar-refractivity contribution >= 4 is 10.0 Å². The number of hydrogen-bond acceptors (Lipinski definition) is 4. The van der Waals surface area contributed by atoms with Gasteiger partial charge in [-0.15, -0.1) is 0 Å². The summed E-state index contributed by atoms with van der Waals surface area (Å²) in [6.45, 7) is 3.09. The molecule has 0 aromatic carbocycles. The van der Waals surface area contributed by atoms with Crippen LogP contribution in [0.25, 0.3) is 0 Å². The van der Waals surface area contributed by atoms with Crippen molar-refractivity contribution in [3.05, 3.63) is 24.0 Å². The Morgan fingerprint density at radius 2 is 2.22 bits per heavy atom. The third-order valence-corrected chi connectivity index (χ3v) is 5.19. The summed E-state index contributed by atoms with van der Waals surface area (Å²) in [7, 11) is -3.46. The highest BCUT2D eigenvalue weighted by Gasteiger charge is 2.31. The van der Waals surface area contributed by atoms with Crippen LogP contribution < -0.4 is 5.73 Å². The molecule has 1 aliphatic carbocycles. The zero-order valence-electron chi connectivity index (χ0n) is 10.5. The van der Waals surface area contributed by atoms with Gasteiger partial charge in [0.1, 0.15) is 4.90 Å². The summed E-state index contributed by atoms with van der Waals surface area (Å²) in [5.74, 6) is 0.526. The van der Waals surface area contributed by atoms with E-state index in [1.165, 1.54) is 4.31 Å². The molecule has 100 valence electrons. The van der Waals surface area contributed by atoms with E-state index in [2.05, 4.69) is 4.98 Å². The fraction of sp³-hybridized carbons (Fsp3) is 0.583. The van der Waals surface area contributed by atoms with E-state index in [9.17, 15) is 8.42 Å². The van der Waals surface area contributed by atoms with Crippen molar-refractivity contribution in [3.8, 4) is 0 Å². The van der Waals surface area contributed by atoms with E-state index >= 15 is 0 Å².